The Labute approximate surface area is 160 Å². The largest absolute Gasteiger partial charge is 0.496 e. The van der Waals surface area contributed by atoms with Gasteiger partial charge in [-0.15, -0.1) is 0 Å². The van der Waals surface area contributed by atoms with E-state index in [0.29, 0.717) is 23.5 Å². The number of nitrogens with one attached hydrogen (secondary N) is 1. The van der Waals surface area contributed by atoms with Crippen LogP contribution in [0.15, 0.2) is 54.1 Å². The summed E-state index contributed by atoms with van der Waals surface area (Å²) in [6, 6.07) is 10.9. The monoisotopic (exact) mass is 366 g/mol. The zero-order valence-corrected chi connectivity index (χ0v) is 16.2. The van der Waals surface area contributed by atoms with E-state index in [-0.39, 0.29) is 5.91 Å². The maximum atomic E-state index is 12.2. The van der Waals surface area contributed by atoms with Crippen molar-refractivity contribution in [3.8, 4) is 11.5 Å². The summed E-state index contributed by atoms with van der Waals surface area (Å²) in [5.41, 5.74) is 9.90. The van der Waals surface area contributed by atoms with Crippen molar-refractivity contribution in [3.05, 3.63) is 65.3 Å². The third kappa shape index (κ3) is 5.38. The molecule has 5 heteroatoms. The van der Waals surface area contributed by atoms with Gasteiger partial charge in [0.2, 0.25) is 5.91 Å². The van der Waals surface area contributed by atoms with E-state index in [1.165, 1.54) is 11.6 Å². The number of para-hydroxylation sites is 2. The number of hydrogen-bond donors (Lipinski definition) is 2. The highest BCUT2D eigenvalue weighted by molar-refractivity contribution is 6.03. The van der Waals surface area contributed by atoms with Crippen LogP contribution in [0.2, 0.25) is 0 Å². The van der Waals surface area contributed by atoms with Gasteiger partial charge >= 0.3 is 0 Å². The molecule has 0 heterocycles. The maximum absolute atomic E-state index is 12.2. The average Bonchev–Trinajstić information content (AvgIpc) is 2.65. The standard InChI is InChI=1S/C22H26N2O3/c1-15(2)9-12-17-20(26-3)13-10-16(22(17)27-4)11-14-21(25)24-19-8-6-5-7-18(19)23/h5-11,13-14H,12,23H2,1-4H3,(H,24,25). The molecule has 0 atom stereocenters. The van der Waals surface area contributed by atoms with Gasteiger partial charge in [-0.1, -0.05) is 23.8 Å². The van der Waals surface area contributed by atoms with Crippen molar-refractivity contribution in [2.75, 3.05) is 25.3 Å². The quantitative estimate of drug-likeness (QED) is 0.431. The first-order chi connectivity index (χ1) is 13.0. The minimum atomic E-state index is -0.267. The molecule has 0 aromatic heterocycles. The summed E-state index contributed by atoms with van der Waals surface area (Å²) in [5, 5.41) is 2.77. The molecule has 0 spiro atoms. The molecule has 0 unspecified atom stereocenters. The van der Waals surface area contributed by atoms with Crippen LogP contribution in [0.5, 0.6) is 11.5 Å². The van der Waals surface area contributed by atoms with E-state index in [2.05, 4.69) is 11.4 Å². The van der Waals surface area contributed by atoms with Crippen molar-refractivity contribution in [3.63, 3.8) is 0 Å². The lowest BCUT2D eigenvalue weighted by atomic mass is 10.0. The number of methoxy groups -OCH3 is 2. The third-order valence-electron chi connectivity index (χ3n) is 4.02. The number of nitrogen functional groups attached to an aromatic ring is 1. The minimum Gasteiger partial charge on any atom is -0.496 e. The molecule has 0 saturated heterocycles. The minimum absolute atomic E-state index is 0.267. The fourth-order valence-electron chi connectivity index (χ4n) is 2.64. The molecular formula is C22H26N2O3. The van der Waals surface area contributed by atoms with Crippen LogP contribution in [0.4, 0.5) is 11.4 Å². The number of anilines is 2. The van der Waals surface area contributed by atoms with Crippen molar-refractivity contribution < 1.29 is 14.3 Å². The summed E-state index contributed by atoms with van der Waals surface area (Å²) in [6.07, 6.45) is 5.97. The highest BCUT2D eigenvalue weighted by Crippen LogP contribution is 2.34. The van der Waals surface area contributed by atoms with Gasteiger partial charge in [-0.2, -0.15) is 0 Å². The van der Waals surface area contributed by atoms with Crippen molar-refractivity contribution in [1.82, 2.24) is 0 Å². The second kappa shape index (κ2) is 9.48. The lowest BCUT2D eigenvalue weighted by Gasteiger charge is -2.15. The number of allylic oxidation sites excluding steroid dienone is 2. The SMILES string of the molecule is COc1ccc(C=CC(=O)Nc2ccccc2N)c(OC)c1CC=C(C)C. The molecule has 2 aromatic carbocycles. The van der Waals surface area contributed by atoms with Gasteiger partial charge in [0.25, 0.3) is 0 Å². The van der Waals surface area contributed by atoms with Crippen molar-refractivity contribution in [2.24, 2.45) is 0 Å². The highest BCUT2D eigenvalue weighted by Gasteiger charge is 2.13. The van der Waals surface area contributed by atoms with Crippen LogP contribution in [-0.2, 0) is 11.2 Å². The zero-order chi connectivity index (χ0) is 19.8. The van der Waals surface area contributed by atoms with Gasteiger partial charge in [0.1, 0.15) is 11.5 Å². The molecule has 3 N–H and O–H groups in total. The summed E-state index contributed by atoms with van der Waals surface area (Å²) in [4.78, 5) is 12.2. The van der Waals surface area contributed by atoms with Crippen molar-refractivity contribution in [2.45, 2.75) is 20.3 Å². The number of carbonyl (C=O) groups is 1. The lowest BCUT2D eigenvalue weighted by Crippen LogP contribution is -2.09. The number of ether oxygens (including phenoxy) is 2. The summed E-state index contributed by atoms with van der Waals surface area (Å²) < 4.78 is 11.1. The van der Waals surface area contributed by atoms with E-state index >= 15 is 0 Å². The fourth-order valence-corrected chi connectivity index (χ4v) is 2.64. The molecule has 0 aliphatic carbocycles. The van der Waals surface area contributed by atoms with Gasteiger partial charge in [-0.3, -0.25) is 4.79 Å². The maximum Gasteiger partial charge on any atom is 0.248 e. The molecule has 1 amide bonds. The first-order valence-corrected chi connectivity index (χ1v) is 8.67. The van der Waals surface area contributed by atoms with Gasteiger partial charge in [0, 0.05) is 17.2 Å². The predicted octanol–water partition coefficient (Wildman–Crippen LogP) is 4.45. The number of amides is 1. The van der Waals surface area contributed by atoms with E-state index in [0.717, 1.165) is 16.9 Å². The molecule has 142 valence electrons. The third-order valence-corrected chi connectivity index (χ3v) is 4.02. The average molecular weight is 366 g/mol. The molecule has 2 aromatic rings. The first kappa shape index (κ1) is 20.1. The van der Waals surface area contributed by atoms with E-state index < -0.39 is 0 Å². The molecule has 0 fully saturated rings. The Kier molecular flexibility index (Phi) is 7.06. The number of hydrogen-bond acceptors (Lipinski definition) is 4. The van der Waals surface area contributed by atoms with E-state index in [1.807, 2.05) is 38.1 Å². The lowest BCUT2D eigenvalue weighted by molar-refractivity contribution is -0.111. The smallest absolute Gasteiger partial charge is 0.248 e. The zero-order valence-electron chi connectivity index (χ0n) is 16.2. The molecule has 0 bridgehead atoms. The van der Waals surface area contributed by atoms with Gasteiger partial charge < -0.3 is 20.5 Å². The van der Waals surface area contributed by atoms with Crippen LogP contribution in [0, 0.1) is 0 Å². The second-order valence-corrected chi connectivity index (χ2v) is 6.26. The molecule has 27 heavy (non-hydrogen) atoms. The number of rotatable bonds is 7. The van der Waals surface area contributed by atoms with Gasteiger partial charge in [0.15, 0.2) is 0 Å². The summed E-state index contributed by atoms with van der Waals surface area (Å²) in [6.45, 7) is 4.09. The number of benzene rings is 2. The van der Waals surface area contributed by atoms with Gasteiger partial charge in [-0.25, -0.2) is 0 Å². The van der Waals surface area contributed by atoms with Crippen molar-refractivity contribution in [1.29, 1.82) is 0 Å². The van der Waals surface area contributed by atoms with Gasteiger partial charge in [0.05, 0.1) is 25.6 Å². The van der Waals surface area contributed by atoms with Gasteiger partial charge in [-0.05, 0) is 50.6 Å². The normalized spacial score (nSPS) is 10.5. The van der Waals surface area contributed by atoms with Crippen LogP contribution in [0.3, 0.4) is 0 Å². The first-order valence-electron chi connectivity index (χ1n) is 8.67. The molecule has 2 rings (SSSR count). The van der Waals surface area contributed by atoms with E-state index in [1.54, 1.807) is 32.4 Å². The summed E-state index contributed by atoms with van der Waals surface area (Å²) in [5.74, 6) is 1.18. The summed E-state index contributed by atoms with van der Waals surface area (Å²) >= 11 is 0. The Morgan fingerprint density at radius 1 is 1.11 bits per heavy atom. The predicted molar refractivity (Wildman–Crippen MR) is 111 cm³/mol. The van der Waals surface area contributed by atoms with Crippen LogP contribution >= 0.6 is 0 Å². The highest BCUT2D eigenvalue weighted by atomic mass is 16.5. The Morgan fingerprint density at radius 3 is 2.48 bits per heavy atom. The molecular weight excluding hydrogens is 340 g/mol. The Hall–Kier alpha value is -3.21. The number of carbonyl (C=O) groups excluding carboxylic acids is 1. The van der Waals surface area contributed by atoms with Crippen molar-refractivity contribution >= 4 is 23.4 Å². The molecule has 0 saturated carbocycles. The molecule has 0 radical (unpaired) electrons. The Balaban J connectivity index is 2.28. The van der Waals surface area contributed by atoms with E-state index in [4.69, 9.17) is 15.2 Å². The van der Waals surface area contributed by atoms with Crippen LogP contribution in [0.1, 0.15) is 25.0 Å². The molecule has 5 nitrogen and oxygen atoms in total. The van der Waals surface area contributed by atoms with Crippen LogP contribution < -0.4 is 20.5 Å². The molecule has 0 aliphatic rings. The second-order valence-electron chi connectivity index (χ2n) is 6.26. The topological polar surface area (TPSA) is 73.6 Å². The fraction of sp³-hybridized carbons (Fsp3) is 0.227. The summed E-state index contributed by atoms with van der Waals surface area (Å²) in [7, 11) is 3.25. The Morgan fingerprint density at radius 2 is 1.85 bits per heavy atom. The molecule has 0 aliphatic heterocycles. The van der Waals surface area contributed by atoms with Crippen LogP contribution in [-0.4, -0.2) is 20.1 Å². The van der Waals surface area contributed by atoms with Crippen LogP contribution in [0.25, 0.3) is 6.08 Å². The number of nitrogens with two attached hydrogens (primary N) is 1. The van der Waals surface area contributed by atoms with E-state index in [9.17, 15) is 4.79 Å². The Bertz CT molecular complexity index is 866.